The molecule has 2 atom stereocenters. The van der Waals surface area contributed by atoms with Crippen molar-refractivity contribution < 1.29 is 4.79 Å². The van der Waals surface area contributed by atoms with Gasteiger partial charge in [0, 0.05) is 5.56 Å². The van der Waals surface area contributed by atoms with Crippen molar-refractivity contribution in [3.05, 3.63) is 35.4 Å². The summed E-state index contributed by atoms with van der Waals surface area (Å²) in [7, 11) is 0. The highest BCUT2D eigenvalue weighted by Crippen LogP contribution is 2.59. The molecule has 2 N–H and O–H groups in total. The number of carbonyl (C=O) groups is 1. The van der Waals surface area contributed by atoms with Gasteiger partial charge in [-0.25, -0.2) is 0 Å². The van der Waals surface area contributed by atoms with Crippen LogP contribution in [0.5, 0.6) is 0 Å². The van der Waals surface area contributed by atoms with Gasteiger partial charge in [-0.05, 0) is 48.6 Å². The Morgan fingerprint density at radius 1 is 1.27 bits per heavy atom. The molecule has 0 radical (unpaired) electrons. The van der Waals surface area contributed by atoms with Gasteiger partial charge >= 0.3 is 0 Å². The minimum atomic E-state index is -0.285. The molecule has 1 amide bonds. The molecule has 2 fully saturated rings. The van der Waals surface area contributed by atoms with E-state index in [-0.39, 0.29) is 5.91 Å². The van der Waals surface area contributed by atoms with Crippen molar-refractivity contribution in [2.75, 3.05) is 0 Å². The fourth-order valence-electron chi connectivity index (χ4n) is 2.66. The van der Waals surface area contributed by atoms with E-state index in [0.717, 1.165) is 17.4 Å². The molecule has 2 aliphatic rings. The Morgan fingerprint density at radius 2 is 2.00 bits per heavy atom. The van der Waals surface area contributed by atoms with Crippen molar-refractivity contribution in [2.45, 2.75) is 25.2 Å². The maximum Gasteiger partial charge on any atom is 0.248 e. The summed E-state index contributed by atoms with van der Waals surface area (Å²) in [6.07, 6.45) is 4.04. The van der Waals surface area contributed by atoms with Crippen LogP contribution in [0.3, 0.4) is 0 Å². The van der Waals surface area contributed by atoms with Crippen LogP contribution in [0.25, 0.3) is 0 Å². The average molecular weight is 201 g/mol. The molecule has 0 unspecified atom stereocenters. The topological polar surface area (TPSA) is 43.1 Å². The number of amides is 1. The smallest absolute Gasteiger partial charge is 0.248 e. The Bertz CT molecular complexity index is 409. The summed E-state index contributed by atoms with van der Waals surface area (Å²) in [5.74, 6) is 2.11. The fourth-order valence-corrected chi connectivity index (χ4v) is 2.66. The van der Waals surface area contributed by atoms with E-state index in [4.69, 9.17) is 5.73 Å². The largest absolute Gasteiger partial charge is 0.366 e. The standard InChI is InChI=1S/C13H15NO/c14-13(15)10-4-2-1-3-9(10)12-7-11(12)8-5-6-8/h1-4,8,11-12H,5-7H2,(H2,14,15)/t11-,12+/m0/s1. The molecule has 0 heterocycles. The van der Waals surface area contributed by atoms with Crippen molar-refractivity contribution in [1.82, 2.24) is 0 Å². The summed E-state index contributed by atoms with van der Waals surface area (Å²) < 4.78 is 0. The molecule has 0 aliphatic heterocycles. The SMILES string of the molecule is NC(=O)c1ccccc1[C@H]1C[C@H]1C1CC1. The molecule has 0 bridgehead atoms. The normalized spacial score (nSPS) is 28.8. The van der Waals surface area contributed by atoms with E-state index < -0.39 is 0 Å². The predicted octanol–water partition coefficient (Wildman–Crippen LogP) is 2.30. The van der Waals surface area contributed by atoms with E-state index in [1.54, 1.807) is 0 Å². The van der Waals surface area contributed by atoms with E-state index in [9.17, 15) is 4.79 Å². The van der Waals surface area contributed by atoms with Crippen LogP contribution in [0.4, 0.5) is 0 Å². The monoisotopic (exact) mass is 201 g/mol. The third kappa shape index (κ3) is 1.54. The van der Waals surface area contributed by atoms with Crippen molar-refractivity contribution in [2.24, 2.45) is 17.6 Å². The Balaban J connectivity index is 1.88. The molecule has 2 aliphatic carbocycles. The summed E-state index contributed by atoms with van der Waals surface area (Å²) in [5, 5.41) is 0. The molecule has 0 saturated heterocycles. The van der Waals surface area contributed by atoms with Crippen molar-refractivity contribution in [1.29, 1.82) is 0 Å². The van der Waals surface area contributed by atoms with Crippen molar-refractivity contribution in [3.63, 3.8) is 0 Å². The second-order valence-electron chi connectivity index (χ2n) is 4.79. The van der Waals surface area contributed by atoms with Gasteiger partial charge in [-0.15, -0.1) is 0 Å². The molecule has 78 valence electrons. The summed E-state index contributed by atoms with van der Waals surface area (Å²) in [4.78, 5) is 11.3. The molecule has 2 nitrogen and oxygen atoms in total. The van der Waals surface area contributed by atoms with Crippen molar-refractivity contribution >= 4 is 5.91 Å². The van der Waals surface area contributed by atoms with Crippen LogP contribution >= 0.6 is 0 Å². The van der Waals surface area contributed by atoms with Gasteiger partial charge in [0.05, 0.1) is 0 Å². The van der Waals surface area contributed by atoms with Crippen molar-refractivity contribution in [3.8, 4) is 0 Å². The van der Waals surface area contributed by atoms with Gasteiger partial charge in [-0.1, -0.05) is 18.2 Å². The quantitative estimate of drug-likeness (QED) is 0.801. The molecule has 0 spiro atoms. The maximum atomic E-state index is 11.3. The molecule has 1 aromatic carbocycles. The van der Waals surface area contributed by atoms with Crippen LogP contribution in [0.1, 0.15) is 41.1 Å². The van der Waals surface area contributed by atoms with Crippen LogP contribution in [-0.2, 0) is 0 Å². The highest BCUT2D eigenvalue weighted by atomic mass is 16.1. The molecule has 3 rings (SSSR count). The van der Waals surface area contributed by atoms with E-state index in [2.05, 4.69) is 6.07 Å². The number of rotatable bonds is 3. The number of hydrogen-bond acceptors (Lipinski definition) is 1. The second kappa shape index (κ2) is 3.09. The van der Waals surface area contributed by atoms with Crippen LogP contribution < -0.4 is 5.73 Å². The molecule has 2 heteroatoms. The van der Waals surface area contributed by atoms with E-state index in [0.29, 0.717) is 5.92 Å². The lowest BCUT2D eigenvalue weighted by molar-refractivity contribution is 0.0999. The summed E-state index contributed by atoms with van der Waals surface area (Å²) in [6, 6.07) is 7.80. The number of carbonyl (C=O) groups excluding carboxylic acids is 1. The highest BCUT2D eigenvalue weighted by molar-refractivity contribution is 5.94. The maximum absolute atomic E-state index is 11.3. The van der Waals surface area contributed by atoms with E-state index >= 15 is 0 Å². The summed E-state index contributed by atoms with van der Waals surface area (Å²) in [6.45, 7) is 0. The fraction of sp³-hybridized carbons (Fsp3) is 0.462. The number of benzene rings is 1. The Labute approximate surface area is 89.5 Å². The lowest BCUT2D eigenvalue weighted by Crippen LogP contribution is -2.13. The first-order valence-electron chi connectivity index (χ1n) is 5.66. The Kier molecular flexibility index (Phi) is 1.84. The van der Waals surface area contributed by atoms with Gasteiger partial charge in [0.1, 0.15) is 0 Å². The third-order valence-electron chi connectivity index (χ3n) is 3.69. The highest BCUT2D eigenvalue weighted by Gasteiger charge is 2.48. The molecular weight excluding hydrogens is 186 g/mol. The van der Waals surface area contributed by atoms with Gasteiger partial charge in [-0.2, -0.15) is 0 Å². The zero-order valence-electron chi connectivity index (χ0n) is 8.65. The number of nitrogens with two attached hydrogens (primary N) is 1. The van der Waals surface area contributed by atoms with Gasteiger partial charge in [0.25, 0.3) is 0 Å². The van der Waals surface area contributed by atoms with Crippen LogP contribution in [0.15, 0.2) is 24.3 Å². The van der Waals surface area contributed by atoms with E-state index in [1.807, 2.05) is 18.2 Å². The third-order valence-corrected chi connectivity index (χ3v) is 3.69. The predicted molar refractivity (Wildman–Crippen MR) is 58.5 cm³/mol. The lowest BCUT2D eigenvalue weighted by atomic mass is 10.0. The Hall–Kier alpha value is -1.31. The first-order chi connectivity index (χ1) is 7.27. The molecular formula is C13H15NO. The Morgan fingerprint density at radius 3 is 2.67 bits per heavy atom. The van der Waals surface area contributed by atoms with Crippen LogP contribution in [-0.4, -0.2) is 5.91 Å². The van der Waals surface area contributed by atoms with Crippen LogP contribution in [0.2, 0.25) is 0 Å². The molecule has 0 aromatic heterocycles. The molecule has 15 heavy (non-hydrogen) atoms. The summed E-state index contributed by atoms with van der Waals surface area (Å²) in [5.41, 5.74) is 7.29. The van der Waals surface area contributed by atoms with Crippen LogP contribution in [0, 0.1) is 11.8 Å². The molecule has 2 saturated carbocycles. The number of primary amides is 1. The first kappa shape index (κ1) is 8.96. The first-order valence-corrected chi connectivity index (χ1v) is 5.66. The van der Waals surface area contributed by atoms with Gasteiger partial charge < -0.3 is 5.73 Å². The van der Waals surface area contributed by atoms with Gasteiger partial charge in [-0.3, -0.25) is 4.79 Å². The van der Waals surface area contributed by atoms with Gasteiger partial charge in [0.15, 0.2) is 0 Å². The lowest BCUT2D eigenvalue weighted by Gasteiger charge is -2.05. The second-order valence-corrected chi connectivity index (χ2v) is 4.79. The average Bonchev–Trinajstić information content (AvgIpc) is 3.09. The number of hydrogen-bond donors (Lipinski definition) is 1. The zero-order chi connectivity index (χ0) is 10.4. The minimum Gasteiger partial charge on any atom is -0.366 e. The zero-order valence-corrected chi connectivity index (χ0v) is 8.65. The summed E-state index contributed by atoms with van der Waals surface area (Å²) >= 11 is 0. The molecule has 1 aromatic rings. The minimum absolute atomic E-state index is 0.285. The van der Waals surface area contributed by atoms with Gasteiger partial charge in [0.2, 0.25) is 5.91 Å². The van der Waals surface area contributed by atoms with E-state index in [1.165, 1.54) is 24.8 Å².